The van der Waals surface area contributed by atoms with E-state index in [0.717, 1.165) is 5.56 Å². The lowest BCUT2D eigenvalue weighted by atomic mass is 10.2. The van der Waals surface area contributed by atoms with Crippen LogP contribution in [0.4, 0.5) is 16.0 Å². The van der Waals surface area contributed by atoms with Crippen LogP contribution in [0.15, 0.2) is 24.3 Å². The fourth-order valence-electron chi connectivity index (χ4n) is 1.58. The van der Waals surface area contributed by atoms with Crippen LogP contribution < -0.4 is 5.32 Å². The largest absolute Gasteiger partial charge is 0.378 e. The molecule has 6 heteroatoms. The van der Waals surface area contributed by atoms with Crippen LogP contribution in [0.25, 0.3) is 0 Å². The van der Waals surface area contributed by atoms with Crippen LogP contribution in [0, 0.1) is 12.7 Å². The predicted molar refractivity (Wildman–Crippen MR) is 72.2 cm³/mol. The van der Waals surface area contributed by atoms with Crippen molar-refractivity contribution in [2.75, 3.05) is 12.4 Å². The summed E-state index contributed by atoms with van der Waals surface area (Å²) in [5, 5.41) is 3.08. The van der Waals surface area contributed by atoms with Crippen LogP contribution in [-0.2, 0) is 11.3 Å². The minimum atomic E-state index is -0.364. The first-order chi connectivity index (χ1) is 9.08. The summed E-state index contributed by atoms with van der Waals surface area (Å²) in [6.45, 7) is 2.13. The number of aryl methyl sites for hydroxylation is 1. The molecule has 0 saturated carbocycles. The van der Waals surface area contributed by atoms with Crippen molar-refractivity contribution in [1.82, 2.24) is 9.97 Å². The van der Waals surface area contributed by atoms with Gasteiger partial charge in [-0.1, -0.05) is 17.7 Å². The van der Waals surface area contributed by atoms with E-state index in [1.54, 1.807) is 25.3 Å². The Hall–Kier alpha value is -1.72. The standard InChI is InChI=1S/C13H13ClFN3O/c1-8-3-4-11(10(15)5-8)17-13-16-9(7-19-2)6-12(14)18-13/h3-6H,7H2,1-2H3,(H,16,17,18). The van der Waals surface area contributed by atoms with E-state index in [9.17, 15) is 4.39 Å². The lowest BCUT2D eigenvalue weighted by Crippen LogP contribution is -2.03. The van der Waals surface area contributed by atoms with Gasteiger partial charge in [0.1, 0.15) is 11.0 Å². The highest BCUT2D eigenvalue weighted by Gasteiger charge is 2.07. The minimum absolute atomic E-state index is 0.238. The van der Waals surface area contributed by atoms with Crippen LogP contribution in [0.2, 0.25) is 5.15 Å². The number of ether oxygens (including phenoxy) is 1. The molecular formula is C13H13ClFN3O. The van der Waals surface area contributed by atoms with Crippen LogP contribution in [0.3, 0.4) is 0 Å². The molecule has 0 atom stereocenters. The van der Waals surface area contributed by atoms with E-state index in [4.69, 9.17) is 16.3 Å². The summed E-state index contributed by atoms with van der Waals surface area (Å²) in [4.78, 5) is 8.18. The van der Waals surface area contributed by atoms with E-state index in [1.165, 1.54) is 6.07 Å². The monoisotopic (exact) mass is 281 g/mol. The second-order valence-electron chi connectivity index (χ2n) is 4.05. The Kier molecular flexibility index (Phi) is 4.29. The Bertz CT molecular complexity index is 592. The molecule has 100 valence electrons. The minimum Gasteiger partial charge on any atom is -0.378 e. The van der Waals surface area contributed by atoms with Crippen molar-refractivity contribution < 1.29 is 9.13 Å². The molecule has 0 radical (unpaired) electrons. The Labute approximate surface area is 115 Å². The molecule has 0 amide bonds. The van der Waals surface area contributed by atoms with Crippen molar-refractivity contribution in [3.8, 4) is 0 Å². The van der Waals surface area contributed by atoms with E-state index >= 15 is 0 Å². The maximum absolute atomic E-state index is 13.7. The fraction of sp³-hybridized carbons (Fsp3) is 0.231. The van der Waals surface area contributed by atoms with E-state index in [1.807, 2.05) is 6.92 Å². The summed E-state index contributed by atoms with van der Waals surface area (Å²) in [5.41, 5.74) is 1.77. The molecule has 0 saturated heterocycles. The number of hydrogen-bond acceptors (Lipinski definition) is 4. The Balaban J connectivity index is 2.27. The van der Waals surface area contributed by atoms with Gasteiger partial charge in [0.2, 0.25) is 5.95 Å². The van der Waals surface area contributed by atoms with Gasteiger partial charge >= 0.3 is 0 Å². The van der Waals surface area contributed by atoms with Gasteiger partial charge in [-0.2, -0.15) is 0 Å². The third kappa shape index (κ3) is 3.62. The molecule has 1 aromatic heterocycles. The van der Waals surface area contributed by atoms with E-state index in [-0.39, 0.29) is 16.9 Å². The average Bonchev–Trinajstić information content (AvgIpc) is 2.32. The normalized spacial score (nSPS) is 10.5. The zero-order chi connectivity index (χ0) is 13.8. The molecule has 1 heterocycles. The second-order valence-corrected chi connectivity index (χ2v) is 4.43. The molecular weight excluding hydrogens is 269 g/mol. The van der Waals surface area contributed by atoms with Gasteiger partial charge in [0.05, 0.1) is 18.0 Å². The molecule has 0 aliphatic carbocycles. The first kappa shape index (κ1) is 13.7. The summed E-state index contributed by atoms with van der Waals surface area (Å²) < 4.78 is 18.7. The highest BCUT2D eigenvalue weighted by atomic mass is 35.5. The molecule has 0 bridgehead atoms. The van der Waals surface area contributed by atoms with Crippen LogP contribution in [0.5, 0.6) is 0 Å². The van der Waals surface area contributed by atoms with E-state index in [2.05, 4.69) is 15.3 Å². The number of aromatic nitrogens is 2. The molecule has 1 aromatic carbocycles. The third-order valence-corrected chi connectivity index (χ3v) is 2.60. The summed E-state index contributed by atoms with van der Waals surface area (Å²) in [6, 6.07) is 6.46. The Morgan fingerprint density at radius 3 is 2.79 bits per heavy atom. The van der Waals surface area contributed by atoms with Gasteiger partial charge in [-0.3, -0.25) is 0 Å². The first-order valence-corrected chi connectivity index (χ1v) is 6.02. The molecule has 2 rings (SSSR count). The number of methoxy groups -OCH3 is 1. The van der Waals surface area contributed by atoms with Crippen molar-refractivity contribution in [3.05, 3.63) is 46.5 Å². The van der Waals surface area contributed by atoms with Crippen molar-refractivity contribution in [3.63, 3.8) is 0 Å². The van der Waals surface area contributed by atoms with Crippen LogP contribution in [0.1, 0.15) is 11.3 Å². The highest BCUT2D eigenvalue weighted by molar-refractivity contribution is 6.29. The lowest BCUT2D eigenvalue weighted by molar-refractivity contribution is 0.181. The van der Waals surface area contributed by atoms with E-state index in [0.29, 0.717) is 18.0 Å². The maximum Gasteiger partial charge on any atom is 0.229 e. The van der Waals surface area contributed by atoms with Gasteiger partial charge in [0.15, 0.2) is 0 Å². The molecule has 0 unspecified atom stereocenters. The van der Waals surface area contributed by atoms with Crippen molar-refractivity contribution in [1.29, 1.82) is 0 Å². The molecule has 0 fully saturated rings. The number of nitrogens with zero attached hydrogens (tertiary/aromatic N) is 2. The average molecular weight is 282 g/mol. The number of halogens is 2. The van der Waals surface area contributed by atoms with Crippen LogP contribution in [-0.4, -0.2) is 17.1 Å². The van der Waals surface area contributed by atoms with Crippen molar-refractivity contribution >= 4 is 23.2 Å². The second kappa shape index (κ2) is 5.95. The molecule has 19 heavy (non-hydrogen) atoms. The predicted octanol–water partition coefficient (Wildman–Crippen LogP) is 3.47. The summed E-state index contributed by atoms with van der Waals surface area (Å²) in [6.07, 6.45) is 0. The smallest absolute Gasteiger partial charge is 0.229 e. The number of hydrogen-bond donors (Lipinski definition) is 1. The lowest BCUT2D eigenvalue weighted by Gasteiger charge is -2.08. The Morgan fingerprint density at radius 1 is 1.32 bits per heavy atom. The van der Waals surface area contributed by atoms with E-state index < -0.39 is 0 Å². The zero-order valence-electron chi connectivity index (χ0n) is 10.6. The molecule has 0 aliphatic heterocycles. The zero-order valence-corrected chi connectivity index (χ0v) is 11.3. The molecule has 0 spiro atoms. The topological polar surface area (TPSA) is 47.0 Å². The SMILES string of the molecule is COCc1cc(Cl)nc(Nc2ccc(C)cc2F)n1. The van der Waals surface area contributed by atoms with Gasteiger partial charge in [0.25, 0.3) is 0 Å². The number of benzene rings is 1. The highest BCUT2D eigenvalue weighted by Crippen LogP contribution is 2.20. The third-order valence-electron chi connectivity index (χ3n) is 2.41. The molecule has 2 aromatic rings. The summed E-state index contributed by atoms with van der Waals surface area (Å²) in [7, 11) is 1.56. The summed E-state index contributed by atoms with van der Waals surface area (Å²) in [5.74, 6) is -0.126. The fourth-order valence-corrected chi connectivity index (χ4v) is 1.79. The Morgan fingerprint density at radius 2 is 2.11 bits per heavy atom. The van der Waals surface area contributed by atoms with Gasteiger partial charge in [-0.25, -0.2) is 14.4 Å². The molecule has 4 nitrogen and oxygen atoms in total. The van der Waals surface area contributed by atoms with Crippen molar-refractivity contribution in [2.24, 2.45) is 0 Å². The van der Waals surface area contributed by atoms with Crippen molar-refractivity contribution in [2.45, 2.75) is 13.5 Å². The maximum atomic E-state index is 13.7. The summed E-state index contributed by atoms with van der Waals surface area (Å²) >= 11 is 5.88. The quantitative estimate of drug-likeness (QED) is 0.872. The van der Waals surface area contributed by atoms with Crippen LogP contribution >= 0.6 is 11.6 Å². The number of rotatable bonds is 4. The number of anilines is 2. The van der Waals surface area contributed by atoms with Gasteiger partial charge in [-0.15, -0.1) is 0 Å². The van der Waals surface area contributed by atoms with Gasteiger partial charge in [0, 0.05) is 7.11 Å². The van der Waals surface area contributed by atoms with Gasteiger partial charge in [-0.05, 0) is 30.7 Å². The van der Waals surface area contributed by atoms with Gasteiger partial charge < -0.3 is 10.1 Å². The first-order valence-electron chi connectivity index (χ1n) is 5.64. The molecule has 1 N–H and O–H groups in total. The number of nitrogens with one attached hydrogen (secondary N) is 1. The molecule has 0 aliphatic rings.